The molecule has 2 amide bonds. The molecule has 1 saturated carbocycles. The zero-order valence-corrected chi connectivity index (χ0v) is 29.3. The average molecular weight is 659 g/mol. The molecule has 1 fully saturated rings. The Labute approximate surface area is 278 Å². The molecule has 0 saturated heterocycles. The maximum atomic E-state index is 14.6. The lowest BCUT2D eigenvalue weighted by atomic mass is 9.69. The number of allylic oxidation sites excluding steroid dienone is 2. The Morgan fingerprint density at radius 1 is 1.04 bits per heavy atom. The van der Waals surface area contributed by atoms with E-state index in [4.69, 9.17) is 33.3 Å². The summed E-state index contributed by atoms with van der Waals surface area (Å²) in [6.45, 7) is 15.2. The smallest absolute Gasteiger partial charge is 0.305 e. The van der Waals surface area contributed by atoms with Gasteiger partial charge >= 0.3 is 5.97 Å². The lowest BCUT2D eigenvalue weighted by Crippen LogP contribution is -2.55. The molecule has 45 heavy (non-hydrogen) atoms. The van der Waals surface area contributed by atoms with Crippen molar-refractivity contribution in [3.63, 3.8) is 0 Å². The first-order valence-electron chi connectivity index (χ1n) is 16.2. The molecule has 9 heteroatoms. The van der Waals surface area contributed by atoms with E-state index in [1.165, 1.54) is 0 Å². The van der Waals surface area contributed by atoms with Crippen LogP contribution >= 0.6 is 23.2 Å². The second-order valence-corrected chi connectivity index (χ2v) is 16.3. The van der Waals surface area contributed by atoms with Gasteiger partial charge in [-0.05, 0) is 98.8 Å². The first-order chi connectivity index (χ1) is 20.9. The molecule has 0 bridgehead atoms. The molecule has 1 spiro atoms. The number of carbonyl (C=O) groups excluding carboxylic acids is 2. The van der Waals surface area contributed by atoms with Crippen LogP contribution in [0.1, 0.15) is 112 Å². The van der Waals surface area contributed by atoms with Crippen LogP contribution in [0.25, 0.3) is 0 Å². The Bertz CT molecular complexity index is 1390. The number of aliphatic imine (C=N–C) groups is 1. The molecule has 1 heterocycles. The molecular formula is C36H49Cl2N3O4. The van der Waals surface area contributed by atoms with Crippen molar-refractivity contribution < 1.29 is 19.5 Å². The topological polar surface area (TPSA) is 99.1 Å². The van der Waals surface area contributed by atoms with Gasteiger partial charge in [-0.3, -0.25) is 19.4 Å². The van der Waals surface area contributed by atoms with Gasteiger partial charge in [-0.1, -0.05) is 76.9 Å². The molecule has 7 nitrogen and oxygen atoms in total. The van der Waals surface area contributed by atoms with Crippen molar-refractivity contribution >= 4 is 46.7 Å². The van der Waals surface area contributed by atoms with Gasteiger partial charge in [-0.25, -0.2) is 0 Å². The Morgan fingerprint density at radius 3 is 2.18 bits per heavy atom. The van der Waals surface area contributed by atoms with E-state index in [1.54, 1.807) is 25.1 Å². The van der Waals surface area contributed by atoms with E-state index in [-0.39, 0.29) is 35.1 Å². The highest BCUT2D eigenvalue weighted by Crippen LogP contribution is 2.49. The molecule has 3 aliphatic rings. The van der Waals surface area contributed by atoms with Crippen molar-refractivity contribution in [1.29, 1.82) is 0 Å². The van der Waals surface area contributed by atoms with E-state index in [0.29, 0.717) is 45.7 Å². The molecule has 1 aliphatic heterocycles. The summed E-state index contributed by atoms with van der Waals surface area (Å²) < 4.78 is 0. The third-order valence-corrected chi connectivity index (χ3v) is 10.0. The van der Waals surface area contributed by atoms with Gasteiger partial charge in [0, 0.05) is 27.2 Å². The van der Waals surface area contributed by atoms with Crippen LogP contribution in [-0.2, 0) is 14.4 Å². The monoisotopic (exact) mass is 657 g/mol. The molecule has 4 rings (SSSR count). The summed E-state index contributed by atoms with van der Waals surface area (Å²) in [5.74, 6) is -0.763. The van der Waals surface area contributed by atoms with E-state index >= 15 is 0 Å². The maximum Gasteiger partial charge on any atom is 0.305 e. The minimum atomic E-state index is -0.952. The normalized spacial score (nSPS) is 23.8. The van der Waals surface area contributed by atoms with Crippen LogP contribution in [0.4, 0.5) is 0 Å². The van der Waals surface area contributed by atoms with E-state index in [9.17, 15) is 14.4 Å². The van der Waals surface area contributed by atoms with Crippen molar-refractivity contribution in [2.75, 3.05) is 0 Å². The van der Waals surface area contributed by atoms with Crippen LogP contribution in [0.3, 0.4) is 0 Å². The van der Waals surface area contributed by atoms with Crippen LogP contribution in [-0.4, -0.2) is 51.2 Å². The highest BCUT2D eigenvalue weighted by atomic mass is 35.5. The number of carbonyl (C=O) groups is 3. The zero-order chi connectivity index (χ0) is 33.3. The van der Waals surface area contributed by atoms with E-state index in [0.717, 1.165) is 44.1 Å². The quantitative estimate of drug-likeness (QED) is 0.279. The van der Waals surface area contributed by atoms with Gasteiger partial charge in [-0.2, -0.15) is 0 Å². The zero-order valence-electron chi connectivity index (χ0n) is 27.8. The van der Waals surface area contributed by atoms with Gasteiger partial charge in [0.05, 0.1) is 12.5 Å². The summed E-state index contributed by atoms with van der Waals surface area (Å²) in [6, 6.07) is 4.54. The number of aliphatic carboxylic acids is 1. The van der Waals surface area contributed by atoms with E-state index in [2.05, 4.69) is 51.8 Å². The third kappa shape index (κ3) is 8.59. The number of hydrogen-bond acceptors (Lipinski definition) is 4. The number of nitrogens with one attached hydrogen (secondary N) is 1. The van der Waals surface area contributed by atoms with Crippen molar-refractivity contribution in [2.24, 2.45) is 21.7 Å². The van der Waals surface area contributed by atoms with Crippen molar-refractivity contribution in [2.45, 2.75) is 124 Å². The fourth-order valence-corrected chi connectivity index (χ4v) is 7.55. The Balaban J connectivity index is 1.73. The number of nitrogens with zero attached hydrogens (tertiary/aromatic N) is 2. The van der Waals surface area contributed by atoms with Crippen LogP contribution < -0.4 is 5.32 Å². The molecule has 2 N–H and O–H groups in total. The number of benzene rings is 1. The van der Waals surface area contributed by atoms with Gasteiger partial charge in [-0.15, -0.1) is 0 Å². The number of amides is 2. The highest BCUT2D eigenvalue weighted by Gasteiger charge is 2.53. The Hall–Kier alpha value is -2.64. The molecule has 1 aromatic rings. The van der Waals surface area contributed by atoms with Gasteiger partial charge in [0.1, 0.15) is 11.4 Å². The lowest BCUT2D eigenvalue weighted by molar-refractivity contribution is -0.137. The maximum absolute atomic E-state index is 14.6. The lowest BCUT2D eigenvalue weighted by Gasteiger charge is -2.48. The summed E-state index contributed by atoms with van der Waals surface area (Å²) in [7, 11) is 0. The largest absolute Gasteiger partial charge is 0.481 e. The number of carboxylic acid groups (broad SMARTS) is 1. The number of halogens is 2. The van der Waals surface area contributed by atoms with Crippen molar-refractivity contribution in [1.82, 2.24) is 10.2 Å². The molecule has 246 valence electrons. The van der Waals surface area contributed by atoms with Gasteiger partial charge < -0.3 is 15.3 Å². The number of rotatable bonds is 9. The Kier molecular flexibility index (Phi) is 10.7. The van der Waals surface area contributed by atoms with Crippen LogP contribution in [0.15, 0.2) is 46.5 Å². The highest BCUT2D eigenvalue weighted by molar-refractivity contribution is 6.48. The summed E-state index contributed by atoms with van der Waals surface area (Å²) in [6.07, 6.45) is 10.0. The second-order valence-electron chi connectivity index (χ2n) is 15.4. The molecule has 0 aromatic heterocycles. The first kappa shape index (κ1) is 35.2. The summed E-state index contributed by atoms with van der Waals surface area (Å²) in [4.78, 5) is 46.0. The SMILES string of the molecule is C[C@@H](CC(=O)O)NC(=O)C1=CC=C(C(CCC(C)(C)C)N2C(=O)C(c3cc(Cl)cc(Cl)c3)=NC23CCC(C(C)(C)C)CC3)CC1. The molecular weight excluding hydrogens is 609 g/mol. The van der Waals surface area contributed by atoms with E-state index < -0.39 is 17.7 Å². The predicted molar refractivity (Wildman–Crippen MR) is 182 cm³/mol. The fourth-order valence-electron chi connectivity index (χ4n) is 7.02. The summed E-state index contributed by atoms with van der Waals surface area (Å²) in [5, 5.41) is 12.8. The van der Waals surface area contributed by atoms with Crippen LogP contribution in [0.5, 0.6) is 0 Å². The van der Waals surface area contributed by atoms with Crippen LogP contribution in [0.2, 0.25) is 10.0 Å². The fraction of sp³-hybridized carbons (Fsp3) is 0.611. The standard InChI is InChI=1S/C36H49Cl2N3O4/c1-22(18-30(42)43)39-32(44)24-10-8-23(9-11-24)29(14-15-34(2,3)4)41-33(45)31(25-19-27(37)21-28(38)20-25)40-36(41)16-12-26(13-17-36)35(5,6)7/h8,10,19-22,26,29H,9,11-18H2,1-7H3,(H,39,44)(H,42,43)/t22-,26?,29?,36?/m0/s1. The molecule has 0 radical (unpaired) electrons. The molecule has 1 unspecified atom stereocenters. The Morgan fingerprint density at radius 2 is 1.67 bits per heavy atom. The van der Waals surface area contributed by atoms with Gasteiger partial charge in [0.2, 0.25) is 5.91 Å². The van der Waals surface area contributed by atoms with Crippen molar-refractivity contribution in [3.05, 3.63) is 57.1 Å². The minimum absolute atomic E-state index is 0.0542. The molecule has 2 atom stereocenters. The van der Waals surface area contributed by atoms with Crippen LogP contribution in [0, 0.1) is 16.7 Å². The third-order valence-electron chi connectivity index (χ3n) is 9.58. The molecule has 2 aliphatic carbocycles. The summed E-state index contributed by atoms with van der Waals surface area (Å²) >= 11 is 12.8. The van der Waals surface area contributed by atoms with Gasteiger partial charge in [0.15, 0.2) is 0 Å². The van der Waals surface area contributed by atoms with E-state index in [1.807, 2.05) is 12.2 Å². The number of carboxylic acids is 1. The second kappa shape index (κ2) is 13.6. The average Bonchev–Trinajstić information content (AvgIpc) is 3.18. The summed E-state index contributed by atoms with van der Waals surface area (Å²) in [5.41, 5.74) is 2.33. The minimum Gasteiger partial charge on any atom is -0.481 e. The van der Waals surface area contributed by atoms with Crippen molar-refractivity contribution in [3.8, 4) is 0 Å². The van der Waals surface area contributed by atoms with Gasteiger partial charge in [0.25, 0.3) is 5.91 Å². The molecule has 1 aromatic carbocycles. The predicted octanol–water partition coefficient (Wildman–Crippen LogP) is 8.38. The number of hydrogen-bond donors (Lipinski definition) is 2. The first-order valence-corrected chi connectivity index (χ1v) is 17.0.